The Morgan fingerprint density at radius 3 is 2.07 bits per heavy atom. The standard InChI is InChI=1S/C33H55NO7/c1-6-8-10-12-14-16-18-20-22-24-32(36)41-29(27-39-26-25-30(33(37)38)34(3,4)5)28-40-31(35)23-21-19-17-15-13-11-9-7-2/h8,10,14,16-17,19-20,22,29-30H,6-7,9,11-13,15,18,21,23-28H2,1-5H3/p+1/b10-8+,16-14+,19-17+,22-20+. The molecule has 1 N–H and O–H groups in total. The second-order valence-electron chi connectivity index (χ2n) is 11.0. The van der Waals surface area contributed by atoms with Gasteiger partial charge in [-0.3, -0.25) is 9.59 Å². The normalized spacial score (nSPS) is 13.9. The van der Waals surface area contributed by atoms with E-state index in [2.05, 4.69) is 38.2 Å². The fraction of sp³-hybridized carbons (Fsp3) is 0.667. The average molecular weight is 579 g/mol. The zero-order chi connectivity index (χ0) is 30.8. The number of rotatable bonds is 25. The first-order valence-corrected chi connectivity index (χ1v) is 15.2. The molecule has 234 valence electrons. The third kappa shape index (κ3) is 23.7. The van der Waals surface area contributed by atoms with Crippen LogP contribution in [0.5, 0.6) is 0 Å². The molecule has 0 aliphatic heterocycles. The number of aliphatic carboxylic acids is 1. The van der Waals surface area contributed by atoms with Gasteiger partial charge in [0.1, 0.15) is 6.61 Å². The van der Waals surface area contributed by atoms with E-state index in [-0.39, 0.29) is 43.1 Å². The first kappa shape index (κ1) is 38.3. The molecule has 0 radical (unpaired) electrons. The van der Waals surface area contributed by atoms with Crippen molar-refractivity contribution in [3.8, 4) is 0 Å². The zero-order valence-corrected chi connectivity index (χ0v) is 26.2. The molecule has 0 aromatic carbocycles. The highest BCUT2D eigenvalue weighted by molar-refractivity contribution is 5.72. The Labute approximate surface area is 248 Å². The van der Waals surface area contributed by atoms with E-state index in [9.17, 15) is 19.5 Å². The molecule has 0 aromatic rings. The lowest BCUT2D eigenvalue weighted by molar-refractivity contribution is -0.887. The topological polar surface area (TPSA) is 99.1 Å². The monoisotopic (exact) mass is 578 g/mol. The highest BCUT2D eigenvalue weighted by Crippen LogP contribution is 2.10. The fourth-order valence-corrected chi connectivity index (χ4v) is 3.87. The summed E-state index contributed by atoms with van der Waals surface area (Å²) in [4.78, 5) is 36.3. The lowest BCUT2D eigenvalue weighted by atomic mass is 10.1. The molecule has 0 heterocycles. The van der Waals surface area contributed by atoms with Gasteiger partial charge in [0.2, 0.25) is 0 Å². The largest absolute Gasteiger partial charge is 0.477 e. The van der Waals surface area contributed by atoms with Gasteiger partial charge in [-0.15, -0.1) is 0 Å². The summed E-state index contributed by atoms with van der Waals surface area (Å²) < 4.78 is 16.8. The van der Waals surface area contributed by atoms with Crippen LogP contribution in [0.25, 0.3) is 0 Å². The van der Waals surface area contributed by atoms with Gasteiger partial charge >= 0.3 is 17.9 Å². The number of unbranched alkanes of at least 4 members (excludes halogenated alkanes) is 4. The molecule has 0 aromatic heterocycles. The van der Waals surface area contributed by atoms with Crippen LogP contribution < -0.4 is 0 Å². The smallest absolute Gasteiger partial charge is 0.362 e. The highest BCUT2D eigenvalue weighted by Gasteiger charge is 2.31. The summed E-state index contributed by atoms with van der Waals surface area (Å²) >= 11 is 0. The second-order valence-corrected chi connectivity index (χ2v) is 11.0. The number of carbonyl (C=O) groups excluding carboxylic acids is 2. The van der Waals surface area contributed by atoms with Crippen molar-refractivity contribution in [3.05, 3.63) is 48.6 Å². The highest BCUT2D eigenvalue weighted by atomic mass is 16.6. The number of allylic oxidation sites excluding steroid dienone is 7. The van der Waals surface area contributed by atoms with Gasteiger partial charge in [0, 0.05) is 12.8 Å². The number of hydrogen-bond acceptors (Lipinski definition) is 6. The summed E-state index contributed by atoms with van der Waals surface area (Å²) in [6.07, 6.45) is 25.1. The number of carboxylic acid groups (broad SMARTS) is 1. The van der Waals surface area contributed by atoms with Crippen molar-refractivity contribution < 1.29 is 38.2 Å². The van der Waals surface area contributed by atoms with Crippen molar-refractivity contribution in [2.45, 2.75) is 103 Å². The van der Waals surface area contributed by atoms with Crippen molar-refractivity contribution >= 4 is 17.9 Å². The third-order valence-electron chi connectivity index (χ3n) is 6.26. The molecule has 0 bridgehead atoms. The molecule has 8 heteroatoms. The number of ether oxygens (including phenoxy) is 3. The lowest BCUT2D eigenvalue weighted by Crippen LogP contribution is -2.50. The maximum absolute atomic E-state index is 12.4. The van der Waals surface area contributed by atoms with Crippen molar-refractivity contribution in [2.24, 2.45) is 0 Å². The molecule has 0 saturated carbocycles. The van der Waals surface area contributed by atoms with E-state index in [0.29, 0.717) is 12.8 Å². The van der Waals surface area contributed by atoms with E-state index in [1.807, 2.05) is 39.4 Å². The van der Waals surface area contributed by atoms with Gasteiger partial charge in [-0.05, 0) is 38.5 Å². The molecule has 41 heavy (non-hydrogen) atoms. The fourth-order valence-electron chi connectivity index (χ4n) is 3.87. The summed E-state index contributed by atoms with van der Waals surface area (Å²) in [7, 11) is 5.45. The van der Waals surface area contributed by atoms with Crippen LogP contribution in [0.3, 0.4) is 0 Å². The Morgan fingerprint density at radius 2 is 1.44 bits per heavy atom. The molecule has 0 amide bonds. The number of carbonyl (C=O) groups is 3. The minimum Gasteiger partial charge on any atom is -0.477 e. The number of esters is 2. The van der Waals surface area contributed by atoms with Crippen LogP contribution in [-0.4, -0.2) is 80.6 Å². The van der Waals surface area contributed by atoms with Gasteiger partial charge in [0.05, 0.1) is 40.8 Å². The quantitative estimate of drug-likeness (QED) is 0.0567. The molecular weight excluding hydrogens is 522 g/mol. The third-order valence-corrected chi connectivity index (χ3v) is 6.26. The van der Waals surface area contributed by atoms with Crippen LogP contribution in [0.4, 0.5) is 0 Å². The first-order valence-electron chi connectivity index (χ1n) is 15.2. The Bertz CT molecular complexity index is 824. The second kappa shape index (κ2) is 25.0. The van der Waals surface area contributed by atoms with Crippen LogP contribution in [-0.2, 0) is 28.6 Å². The first-order chi connectivity index (χ1) is 19.6. The predicted octanol–water partition coefficient (Wildman–Crippen LogP) is 6.56. The molecule has 2 unspecified atom stereocenters. The number of hydrogen-bond donors (Lipinski definition) is 1. The van der Waals surface area contributed by atoms with Crippen LogP contribution in [0, 0.1) is 0 Å². The molecule has 0 spiro atoms. The summed E-state index contributed by atoms with van der Waals surface area (Å²) in [6, 6.07) is -0.629. The number of likely N-dealkylation sites (N-methyl/N-ethyl adjacent to an activating group) is 1. The summed E-state index contributed by atoms with van der Waals surface area (Å²) in [5.74, 6) is -1.70. The SMILES string of the molecule is CC/C=C/C/C=C/C/C=C/CC(=O)OC(COCCC(C(=O)O)[N+](C)(C)C)COC(=O)CC/C=C/CCCCCC. The van der Waals surface area contributed by atoms with Gasteiger partial charge in [0.25, 0.3) is 0 Å². The molecule has 0 saturated heterocycles. The van der Waals surface area contributed by atoms with Crippen LogP contribution >= 0.6 is 0 Å². The van der Waals surface area contributed by atoms with Gasteiger partial charge in [-0.2, -0.15) is 0 Å². The minimum atomic E-state index is -0.896. The number of carboxylic acids is 1. The average Bonchev–Trinajstić information content (AvgIpc) is 2.91. The van der Waals surface area contributed by atoms with Gasteiger partial charge in [-0.25, -0.2) is 4.79 Å². The minimum absolute atomic E-state index is 0.0118. The van der Waals surface area contributed by atoms with Crippen LogP contribution in [0.15, 0.2) is 48.6 Å². The van der Waals surface area contributed by atoms with Crippen LogP contribution in [0.1, 0.15) is 90.9 Å². The van der Waals surface area contributed by atoms with Gasteiger partial charge in [0.15, 0.2) is 12.1 Å². The summed E-state index contributed by atoms with van der Waals surface area (Å²) in [6.45, 7) is 4.36. The lowest BCUT2D eigenvalue weighted by Gasteiger charge is -2.31. The van der Waals surface area contributed by atoms with E-state index in [4.69, 9.17) is 14.2 Å². The zero-order valence-electron chi connectivity index (χ0n) is 26.2. The Balaban J connectivity index is 4.73. The van der Waals surface area contributed by atoms with Crippen molar-refractivity contribution in [3.63, 3.8) is 0 Å². The van der Waals surface area contributed by atoms with Gasteiger partial charge < -0.3 is 23.8 Å². The molecule has 0 aliphatic carbocycles. The summed E-state index contributed by atoms with van der Waals surface area (Å²) in [5, 5.41) is 9.50. The van der Waals surface area contributed by atoms with E-state index in [1.165, 1.54) is 19.3 Å². The van der Waals surface area contributed by atoms with E-state index < -0.39 is 24.1 Å². The molecule has 0 aliphatic rings. The van der Waals surface area contributed by atoms with E-state index in [0.717, 1.165) is 32.1 Å². The Hall–Kier alpha value is -2.71. The molecule has 2 atom stereocenters. The van der Waals surface area contributed by atoms with E-state index in [1.54, 1.807) is 6.08 Å². The molecule has 0 fully saturated rings. The van der Waals surface area contributed by atoms with Crippen molar-refractivity contribution in [2.75, 3.05) is 41.0 Å². The van der Waals surface area contributed by atoms with Crippen molar-refractivity contribution in [1.82, 2.24) is 0 Å². The molecule has 8 nitrogen and oxygen atoms in total. The van der Waals surface area contributed by atoms with Crippen LogP contribution in [0.2, 0.25) is 0 Å². The van der Waals surface area contributed by atoms with E-state index >= 15 is 0 Å². The molecular formula is C33H56NO7+. The van der Waals surface area contributed by atoms with Gasteiger partial charge in [-0.1, -0.05) is 81.7 Å². The molecule has 0 rings (SSSR count). The number of quaternary nitrogens is 1. The predicted molar refractivity (Wildman–Crippen MR) is 164 cm³/mol. The maximum Gasteiger partial charge on any atom is 0.362 e. The van der Waals surface area contributed by atoms with Crippen molar-refractivity contribution in [1.29, 1.82) is 0 Å². The maximum atomic E-state index is 12.4. The summed E-state index contributed by atoms with van der Waals surface area (Å²) in [5.41, 5.74) is 0. The Kier molecular flexibility index (Phi) is 23.4. The number of nitrogens with zero attached hydrogens (tertiary/aromatic N) is 1. The Morgan fingerprint density at radius 1 is 0.780 bits per heavy atom.